The lowest BCUT2D eigenvalue weighted by atomic mass is 10.1. The molecule has 4 N–H and O–H groups in total. The average molecular weight is 279 g/mol. The van der Waals surface area contributed by atoms with Crippen LogP contribution in [0.2, 0.25) is 0 Å². The van der Waals surface area contributed by atoms with Gasteiger partial charge in [-0.25, -0.2) is 0 Å². The zero-order valence-electron chi connectivity index (χ0n) is 12.1. The zero-order valence-corrected chi connectivity index (χ0v) is 12.1. The molecule has 0 amide bonds. The molecule has 2 unspecified atom stereocenters. The molecule has 2 atom stereocenters. The van der Waals surface area contributed by atoms with Gasteiger partial charge in [0, 0.05) is 19.7 Å². The highest BCUT2D eigenvalue weighted by Crippen LogP contribution is 1.98. The van der Waals surface area contributed by atoms with Gasteiger partial charge in [0.1, 0.15) is 0 Å². The smallest absolute Gasteiger partial charge is 0.0972 e. The Bertz CT molecular complexity index is 201. The van der Waals surface area contributed by atoms with E-state index in [0.29, 0.717) is 19.8 Å². The Morgan fingerprint density at radius 1 is 1.21 bits per heavy atom. The fraction of sp³-hybridized carbons (Fsp3) is 1.00. The lowest BCUT2D eigenvalue weighted by Gasteiger charge is -2.21. The Balaban J connectivity index is 3.33. The van der Waals surface area contributed by atoms with Gasteiger partial charge in [-0.2, -0.15) is 0 Å². The number of unbranched alkanes of at least 4 members (excludes halogenated alkanes) is 1. The summed E-state index contributed by atoms with van der Waals surface area (Å²) in [6, 6.07) is 0. The molecule has 0 spiro atoms. The van der Waals surface area contributed by atoms with Crippen molar-refractivity contribution >= 4 is 0 Å². The standard InChI is InChI=1S/C13H29NO5/c1-3-4-5-18-6-7-19-9-12(16)8-14-10-13(2,17)11-15/h12,14-17H,3-11H2,1-2H3. The summed E-state index contributed by atoms with van der Waals surface area (Å²) in [5, 5.41) is 30.8. The van der Waals surface area contributed by atoms with E-state index in [1.165, 1.54) is 6.92 Å². The highest BCUT2D eigenvalue weighted by Gasteiger charge is 2.18. The van der Waals surface area contributed by atoms with Crippen LogP contribution in [-0.4, -0.2) is 73.1 Å². The second kappa shape index (κ2) is 11.6. The summed E-state index contributed by atoms with van der Waals surface area (Å²) >= 11 is 0. The SMILES string of the molecule is CCCCOCCOCC(O)CNCC(C)(O)CO. The second-order valence-electron chi connectivity index (χ2n) is 4.98. The first-order chi connectivity index (χ1) is 9.02. The predicted molar refractivity (Wildman–Crippen MR) is 73.1 cm³/mol. The molecule has 116 valence electrons. The van der Waals surface area contributed by atoms with Crippen LogP contribution in [-0.2, 0) is 9.47 Å². The quantitative estimate of drug-likeness (QED) is 0.340. The summed E-state index contributed by atoms with van der Waals surface area (Å²) in [5.74, 6) is 0. The molecule has 0 heterocycles. The molecular weight excluding hydrogens is 250 g/mol. The van der Waals surface area contributed by atoms with Crippen molar-refractivity contribution in [3.05, 3.63) is 0 Å². The molecule has 0 aliphatic rings. The van der Waals surface area contributed by atoms with E-state index >= 15 is 0 Å². The van der Waals surface area contributed by atoms with Crippen LogP contribution >= 0.6 is 0 Å². The summed E-state index contributed by atoms with van der Waals surface area (Å²) in [4.78, 5) is 0. The van der Waals surface area contributed by atoms with E-state index in [1.807, 2.05) is 0 Å². The van der Waals surface area contributed by atoms with Gasteiger partial charge in [-0.3, -0.25) is 0 Å². The Labute approximate surface area is 115 Å². The van der Waals surface area contributed by atoms with Crippen molar-refractivity contribution in [2.24, 2.45) is 0 Å². The van der Waals surface area contributed by atoms with Gasteiger partial charge in [-0.1, -0.05) is 13.3 Å². The molecule has 0 aliphatic carbocycles. The summed E-state index contributed by atoms with van der Waals surface area (Å²) in [6.45, 7) is 5.84. The van der Waals surface area contributed by atoms with Crippen LogP contribution < -0.4 is 5.32 Å². The molecule has 0 aromatic rings. The predicted octanol–water partition coefficient (Wildman–Crippen LogP) is -0.486. The van der Waals surface area contributed by atoms with Crippen LogP contribution in [0.3, 0.4) is 0 Å². The summed E-state index contributed by atoms with van der Waals surface area (Å²) in [7, 11) is 0. The first-order valence-electron chi connectivity index (χ1n) is 6.89. The minimum Gasteiger partial charge on any atom is -0.393 e. The monoisotopic (exact) mass is 279 g/mol. The highest BCUT2D eigenvalue weighted by molar-refractivity contribution is 4.74. The third-order valence-electron chi connectivity index (χ3n) is 2.55. The number of aliphatic hydroxyl groups is 3. The minimum absolute atomic E-state index is 0.223. The number of hydrogen-bond donors (Lipinski definition) is 4. The van der Waals surface area contributed by atoms with Crippen LogP contribution in [0.5, 0.6) is 0 Å². The Morgan fingerprint density at radius 2 is 1.89 bits per heavy atom. The maximum absolute atomic E-state index is 9.59. The van der Waals surface area contributed by atoms with Crippen molar-refractivity contribution in [1.29, 1.82) is 0 Å². The molecule has 0 aromatic carbocycles. The molecule has 0 saturated carbocycles. The normalized spacial score (nSPS) is 16.3. The van der Waals surface area contributed by atoms with E-state index in [4.69, 9.17) is 14.6 Å². The third kappa shape index (κ3) is 12.5. The second-order valence-corrected chi connectivity index (χ2v) is 4.98. The van der Waals surface area contributed by atoms with Crippen LogP contribution in [0.25, 0.3) is 0 Å². The zero-order chi connectivity index (χ0) is 14.6. The van der Waals surface area contributed by atoms with Crippen molar-refractivity contribution in [3.63, 3.8) is 0 Å². The van der Waals surface area contributed by atoms with Gasteiger partial charge in [0.15, 0.2) is 0 Å². The van der Waals surface area contributed by atoms with Gasteiger partial charge >= 0.3 is 0 Å². The summed E-state index contributed by atoms with van der Waals surface area (Å²) < 4.78 is 10.6. The summed E-state index contributed by atoms with van der Waals surface area (Å²) in [5.41, 5.74) is -1.16. The van der Waals surface area contributed by atoms with Crippen molar-refractivity contribution in [3.8, 4) is 0 Å². The lowest BCUT2D eigenvalue weighted by Crippen LogP contribution is -2.44. The van der Waals surface area contributed by atoms with Crippen LogP contribution in [0, 0.1) is 0 Å². The number of hydrogen-bond acceptors (Lipinski definition) is 6. The molecule has 0 bridgehead atoms. The molecule has 0 aliphatic heterocycles. The molecule has 0 radical (unpaired) electrons. The van der Waals surface area contributed by atoms with Crippen LogP contribution in [0.1, 0.15) is 26.7 Å². The van der Waals surface area contributed by atoms with Gasteiger partial charge < -0.3 is 30.1 Å². The van der Waals surface area contributed by atoms with Gasteiger partial charge in [-0.05, 0) is 13.3 Å². The van der Waals surface area contributed by atoms with Gasteiger partial charge in [0.2, 0.25) is 0 Å². The van der Waals surface area contributed by atoms with E-state index in [1.54, 1.807) is 0 Å². The lowest BCUT2D eigenvalue weighted by molar-refractivity contribution is -0.00993. The van der Waals surface area contributed by atoms with Gasteiger partial charge in [0.05, 0.1) is 38.1 Å². The Morgan fingerprint density at radius 3 is 2.53 bits per heavy atom. The Kier molecular flexibility index (Phi) is 11.4. The number of ether oxygens (including phenoxy) is 2. The molecule has 6 nitrogen and oxygen atoms in total. The third-order valence-corrected chi connectivity index (χ3v) is 2.55. The molecular formula is C13H29NO5. The van der Waals surface area contributed by atoms with Crippen molar-refractivity contribution in [2.45, 2.75) is 38.4 Å². The van der Waals surface area contributed by atoms with Crippen LogP contribution in [0.15, 0.2) is 0 Å². The van der Waals surface area contributed by atoms with Crippen molar-refractivity contribution in [2.75, 3.05) is 46.1 Å². The van der Waals surface area contributed by atoms with E-state index in [9.17, 15) is 10.2 Å². The first-order valence-corrected chi connectivity index (χ1v) is 6.89. The molecule has 0 fully saturated rings. The molecule has 0 rings (SSSR count). The molecule has 19 heavy (non-hydrogen) atoms. The largest absolute Gasteiger partial charge is 0.393 e. The molecule has 0 aromatic heterocycles. The van der Waals surface area contributed by atoms with E-state index in [-0.39, 0.29) is 19.8 Å². The topological polar surface area (TPSA) is 91.2 Å². The molecule has 6 heteroatoms. The number of rotatable bonds is 13. The fourth-order valence-electron chi connectivity index (χ4n) is 1.31. The van der Waals surface area contributed by atoms with Crippen molar-refractivity contribution in [1.82, 2.24) is 5.32 Å². The number of nitrogens with one attached hydrogen (secondary N) is 1. The maximum Gasteiger partial charge on any atom is 0.0972 e. The average Bonchev–Trinajstić information content (AvgIpc) is 2.37. The Hall–Kier alpha value is -0.240. The summed E-state index contributed by atoms with van der Waals surface area (Å²) in [6.07, 6.45) is 1.53. The maximum atomic E-state index is 9.59. The molecule has 0 saturated heterocycles. The van der Waals surface area contributed by atoms with Crippen LogP contribution in [0.4, 0.5) is 0 Å². The van der Waals surface area contributed by atoms with E-state index in [2.05, 4.69) is 12.2 Å². The minimum atomic E-state index is -1.16. The van der Waals surface area contributed by atoms with Crippen molar-refractivity contribution < 1.29 is 24.8 Å². The van der Waals surface area contributed by atoms with Gasteiger partial charge in [0.25, 0.3) is 0 Å². The van der Waals surface area contributed by atoms with E-state index in [0.717, 1.165) is 19.4 Å². The van der Waals surface area contributed by atoms with Gasteiger partial charge in [-0.15, -0.1) is 0 Å². The highest BCUT2D eigenvalue weighted by atomic mass is 16.5. The first kappa shape index (κ1) is 18.8. The fourth-order valence-corrected chi connectivity index (χ4v) is 1.31. The number of aliphatic hydroxyl groups excluding tert-OH is 2. The van der Waals surface area contributed by atoms with E-state index < -0.39 is 11.7 Å².